The molecule has 3 heterocycles. The summed E-state index contributed by atoms with van der Waals surface area (Å²) in [6.07, 6.45) is 4.91. The Morgan fingerprint density at radius 2 is 1.89 bits per heavy atom. The van der Waals surface area contributed by atoms with Gasteiger partial charge in [-0.25, -0.2) is 4.98 Å². The maximum atomic E-state index is 13.6. The van der Waals surface area contributed by atoms with E-state index in [2.05, 4.69) is 9.97 Å². The number of rotatable bonds is 7. The third-order valence-electron chi connectivity index (χ3n) is 6.89. The number of hydrogen-bond donors (Lipinski definition) is 1. The summed E-state index contributed by atoms with van der Waals surface area (Å²) in [7, 11) is 1.76. The summed E-state index contributed by atoms with van der Waals surface area (Å²) in [5.74, 6) is -0.141. The lowest BCUT2D eigenvalue weighted by atomic mass is 9.99. The number of aliphatic hydroxyl groups excluding tert-OH is 1. The summed E-state index contributed by atoms with van der Waals surface area (Å²) in [5, 5.41) is 9.89. The summed E-state index contributed by atoms with van der Waals surface area (Å²) in [5.41, 5.74) is 4.14. The molecule has 0 bridgehead atoms. The molecule has 0 radical (unpaired) electrons. The van der Waals surface area contributed by atoms with Gasteiger partial charge in [-0.15, -0.1) is 0 Å². The zero-order chi connectivity index (χ0) is 26.5. The van der Waals surface area contributed by atoms with Crippen molar-refractivity contribution < 1.29 is 19.4 Å². The lowest BCUT2D eigenvalue weighted by Crippen LogP contribution is -2.50. The van der Waals surface area contributed by atoms with Gasteiger partial charge < -0.3 is 19.6 Å². The second-order valence-corrected chi connectivity index (χ2v) is 9.87. The van der Waals surface area contributed by atoms with E-state index in [1.165, 1.54) is 0 Å². The van der Waals surface area contributed by atoms with Crippen LogP contribution in [0, 0.1) is 12.8 Å². The van der Waals surface area contributed by atoms with Crippen LogP contribution in [-0.2, 0) is 11.2 Å². The van der Waals surface area contributed by atoms with Crippen LogP contribution in [-0.4, -0.2) is 75.6 Å². The maximum absolute atomic E-state index is 13.6. The fourth-order valence-corrected chi connectivity index (χ4v) is 4.41. The van der Waals surface area contributed by atoms with E-state index in [1.807, 2.05) is 57.2 Å². The van der Waals surface area contributed by atoms with Crippen molar-refractivity contribution in [3.63, 3.8) is 0 Å². The van der Waals surface area contributed by atoms with Gasteiger partial charge in [0.25, 0.3) is 5.91 Å². The van der Waals surface area contributed by atoms with Crippen LogP contribution in [0.2, 0.25) is 0 Å². The van der Waals surface area contributed by atoms with Crippen molar-refractivity contribution in [3.05, 3.63) is 77.7 Å². The summed E-state index contributed by atoms with van der Waals surface area (Å²) in [4.78, 5) is 38.5. The molecule has 8 heteroatoms. The van der Waals surface area contributed by atoms with Gasteiger partial charge in [-0.05, 0) is 43.2 Å². The summed E-state index contributed by atoms with van der Waals surface area (Å²) < 4.78 is 6.34. The van der Waals surface area contributed by atoms with E-state index in [1.54, 1.807) is 41.5 Å². The number of ether oxygens (including phenoxy) is 1. The van der Waals surface area contributed by atoms with Crippen molar-refractivity contribution in [2.24, 2.45) is 5.92 Å². The summed E-state index contributed by atoms with van der Waals surface area (Å²) >= 11 is 0. The van der Waals surface area contributed by atoms with Gasteiger partial charge in [0.1, 0.15) is 11.7 Å². The number of carbonyl (C=O) groups is 2. The molecule has 4 rings (SSSR count). The van der Waals surface area contributed by atoms with Gasteiger partial charge in [-0.1, -0.05) is 36.8 Å². The molecule has 2 aromatic heterocycles. The highest BCUT2D eigenvalue weighted by molar-refractivity contribution is 5.98. The molecular formula is C29H34N4O4. The predicted molar refractivity (Wildman–Crippen MR) is 141 cm³/mol. The van der Waals surface area contributed by atoms with E-state index in [4.69, 9.17) is 4.74 Å². The monoisotopic (exact) mass is 502 g/mol. The number of hydrogen-bond acceptors (Lipinski definition) is 6. The Morgan fingerprint density at radius 3 is 2.57 bits per heavy atom. The summed E-state index contributed by atoms with van der Waals surface area (Å²) in [6, 6.07) is 13.1. The number of likely N-dealkylation sites (N-methyl/N-ethyl adjacent to an activating group) is 1. The first kappa shape index (κ1) is 26.3. The smallest absolute Gasteiger partial charge is 0.259 e. The van der Waals surface area contributed by atoms with Crippen LogP contribution in [0.1, 0.15) is 35.3 Å². The average molecular weight is 503 g/mol. The second-order valence-electron chi connectivity index (χ2n) is 9.87. The molecule has 0 fully saturated rings. The van der Waals surface area contributed by atoms with Gasteiger partial charge in [-0.2, -0.15) is 0 Å². The molecule has 1 aliphatic heterocycles. The van der Waals surface area contributed by atoms with Crippen molar-refractivity contribution in [2.45, 2.75) is 39.3 Å². The average Bonchev–Trinajstić information content (AvgIpc) is 2.91. The van der Waals surface area contributed by atoms with Crippen molar-refractivity contribution in [2.75, 3.05) is 26.7 Å². The van der Waals surface area contributed by atoms with E-state index in [9.17, 15) is 14.7 Å². The number of aryl methyl sites for hydroxylation is 1. The largest absolute Gasteiger partial charge is 0.472 e. The van der Waals surface area contributed by atoms with Crippen LogP contribution < -0.4 is 4.74 Å². The molecule has 1 aromatic carbocycles. The lowest BCUT2D eigenvalue weighted by Gasteiger charge is -2.37. The minimum absolute atomic E-state index is 0.0383. The van der Waals surface area contributed by atoms with Crippen molar-refractivity contribution in [1.29, 1.82) is 0 Å². The first-order valence-corrected chi connectivity index (χ1v) is 12.5. The number of pyridine rings is 2. The number of nitrogens with zero attached hydrogens (tertiary/aromatic N) is 4. The zero-order valence-electron chi connectivity index (χ0n) is 21.8. The van der Waals surface area contributed by atoms with Crippen LogP contribution in [0.15, 0.2) is 61.1 Å². The lowest BCUT2D eigenvalue weighted by molar-refractivity contribution is -0.130. The first-order chi connectivity index (χ1) is 17.8. The normalized spacial score (nSPS) is 18.3. The van der Waals surface area contributed by atoms with Crippen LogP contribution in [0.3, 0.4) is 0 Å². The van der Waals surface area contributed by atoms with Crippen molar-refractivity contribution in [3.8, 4) is 17.0 Å². The molecule has 0 aliphatic carbocycles. The molecule has 194 valence electrons. The van der Waals surface area contributed by atoms with E-state index in [0.29, 0.717) is 18.7 Å². The highest BCUT2D eigenvalue weighted by atomic mass is 16.5. The molecule has 3 aromatic rings. The van der Waals surface area contributed by atoms with Crippen LogP contribution in [0.5, 0.6) is 5.88 Å². The van der Waals surface area contributed by atoms with Gasteiger partial charge >= 0.3 is 0 Å². The molecule has 0 spiro atoms. The van der Waals surface area contributed by atoms with Gasteiger partial charge in [0.05, 0.1) is 25.6 Å². The number of benzene rings is 1. The molecule has 8 nitrogen and oxygen atoms in total. The highest BCUT2D eigenvalue weighted by Crippen LogP contribution is 2.30. The number of aliphatic hydroxyl groups is 1. The Bertz CT molecular complexity index is 1230. The molecule has 0 unspecified atom stereocenters. The van der Waals surface area contributed by atoms with Crippen LogP contribution in [0.4, 0.5) is 0 Å². The fourth-order valence-electron chi connectivity index (χ4n) is 4.41. The third-order valence-corrected chi connectivity index (χ3v) is 6.89. The molecule has 0 saturated carbocycles. The van der Waals surface area contributed by atoms with Gasteiger partial charge in [-0.3, -0.25) is 14.6 Å². The Hall–Kier alpha value is -3.78. The number of amides is 2. The first-order valence-electron chi connectivity index (χ1n) is 12.5. The van der Waals surface area contributed by atoms with Crippen LogP contribution >= 0.6 is 0 Å². The molecule has 1 N–H and O–H groups in total. The topological polar surface area (TPSA) is 95.9 Å². The molecule has 3 atom stereocenters. The van der Waals surface area contributed by atoms with Gasteiger partial charge in [0.2, 0.25) is 11.8 Å². The Morgan fingerprint density at radius 1 is 1.19 bits per heavy atom. The van der Waals surface area contributed by atoms with Crippen LogP contribution in [0.25, 0.3) is 11.1 Å². The minimum Gasteiger partial charge on any atom is -0.472 e. The molecule has 0 saturated heterocycles. The van der Waals surface area contributed by atoms with E-state index < -0.39 is 6.10 Å². The molecular weight excluding hydrogens is 468 g/mol. The van der Waals surface area contributed by atoms with Crippen molar-refractivity contribution >= 4 is 11.8 Å². The molecule has 2 amide bonds. The van der Waals surface area contributed by atoms with Gasteiger partial charge in [0.15, 0.2) is 0 Å². The zero-order valence-corrected chi connectivity index (χ0v) is 21.8. The third kappa shape index (κ3) is 6.14. The van der Waals surface area contributed by atoms with E-state index in [0.717, 1.165) is 22.3 Å². The number of fused-ring (bicyclic) bond motifs is 1. The maximum Gasteiger partial charge on any atom is 0.259 e. The number of carbonyl (C=O) groups excluding carboxylic acids is 2. The summed E-state index contributed by atoms with van der Waals surface area (Å²) in [6.45, 7) is 6.39. The minimum atomic E-state index is -0.399. The fraction of sp³-hybridized carbons (Fsp3) is 0.379. The van der Waals surface area contributed by atoms with Gasteiger partial charge in [0, 0.05) is 43.7 Å². The predicted octanol–water partition coefficient (Wildman–Crippen LogP) is 3.37. The van der Waals surface area contributed by atoms with E-state index in [-0.39, 0.29) is 42.7 Å². The van der Waals surface area contributed by atoms with E-state index >= 15 is 0 Å². The quantitative estimate of drug-likeness (QED) is 0.532. The SMILES string of the molecule is Cc1ccc(-c2cnc3c(c2)C(=O)N([C@@H](C)CO)C[C@@H](C)[C@@H](CN(C)C(=O)Cc2ccncc2)O3)cc1. The standard InChI is InChI=1S/C29H34N4O4/c1-19-5-7-23(8-6-19)24-14-25-28(31-15-24)37-26(20(2)16-33(29(25)36)21(3)18-34)17-32(4)27(35)13-22-9-11-30-12-10-22/h5-12,14-15,20-21,26,34H,13,16-18H2,1-4H3/t20-,21+,26-/m1/s1. The van der Waals surface area contributed by atoms with Crippen molar-refractivity contribution in [1.82, 2.24) is 19.8 Å². The Balaban J connectivity index is 1.63. The Kier molecular flexibility index (Phi) is 8.18. The Labute approximate surface area is 217 Å². The highest BCUT2D eigenvalue weighted by Gasteiger charge is 2.34. The molecule has 1 aliphatic rings. The molecule has 37 heavy (non-hydrogen) atoms. The second kappa shape index (κ2) is 11.5. The number of aromatic nitrogens is 2.